The van der Waals surface area contributed by atoms with Gasteiger partial charge in [0.15, 0.2) is 5.82 Å². The largest absolute Gasteiger partial charge is 0.353 e. The zero-order chi connectivity index (χ0) is 18.4. The molecule has 4 N–H and O–H groups in total. The number of nitrogens with zero attached hydrogens (tertiary/aromatic N) is 3. The van der Waals surface area contributed by atoms with Crippen molar-refractivity contribution in [3.8, 4) is 0 Å². The lowest BCUT2D eigenvalue weighted by Gasteiger charge is -2.61. The molecule has 7 nitrogen and oxygen atoms in total. The van der Waals surface area contributed by atoms with Crippen LogP contribution in [0, 0.1) is 10.8 Å². The summed E-state index contributed by atoms with van der Waals surface area (Å²) in [6.45, 7) is 3.69. The van der Waals surface area contributed by atoms with Crippen LogP contribution in [0.15, 0.2) is 12.4 Å². The van der Waals surface area contributed by atoms with Crippen molar-refractivity contribution in [2.75, 3.05) is 42.9 Å². The molecule has 1 aromatic rings. The van der Waals surface area contributed by atoms with Gasteiger partial charge in [-0.25, -0.2) is 18.7 Å². The number of alkyl halides is 2. The Labute approximate surface area is 150 Å². The molecule has 1 saturated heterocycles. The zero-order valence-corrected chi connectivity index (χ0v) is 14.6. The highest BCUT2D eigenvalue weighted by molar-refractivity contribution is 5.95. The average molecular weight is 366 g/mol. The maximum absolute atomic E-state index is 13.2. The van der Waals surface area contributed by atoms with Gasteiger partial charge in [0.1, 0.15) is 5.82 Å². The number of nitrogens with two attached hydrogens (primary N) is 1. The molecule has 4 rings (SSSR count). The number of carbonyl (C=O) groups excluding carboxylic acids is 1. The van der Waals surface area contributed by atoms with E-state index in [9.17, 15) is 13.6 Å². The fraction of sp³-hybridized carbons (Fsp3) is 0.706. The molecule has 0 radical (unpaired) electrons. The van der Waals surface area contributed by atoms with Gasteiger partial charge in [-0.2, -0.15) is 0 Å². The van der Waals surface area contributed by atoms with E-state index in [4.69, 9.17) is 5.73 Å². The number of aromatic nitrogens is 2. The lowest BCUT2D eigenvalue weighted by Crippen LogP contribution is -2.63. The van der Waals surface area contributed by atoms with E-state index in [1.807, 2.05) is 0 Å². The Hall–Kier alpha value is -1.87. The third-order valence-electron chi connectivity index (χ3n) is 5.89. The zero-order valence-electron chi connectivity index (χ0n) is 14.6. The highest BCUT2D eigenvalue weighted by Crippen LogP contribution is 2.68. The number of piperazine rings is 1. The number of amides is 1. The third kappa shape index (κ3) is 3.03. The molecule has 2 heterocycles. The maximum atomic E-state index is 13.2. The molecule has 2 aliphatic carbocycles. The molecule has 1 spiro atoms. The molecule has 3 aliphatic rings. The number of halogens is 2. The Morgan fingerprint density at radius 3 is 2.42 bits per heavy atom. The minimum atomic E-state index is -2.58. The van der Waals surface area contributed by atoms with E-state index in [-0.39, 0.29) is 25.3 Å². The number of carbonyl (C=O) groups is 1. The summed E-state index contributed by atoms with van der Waals surface area (Å²) in [5, 5.41) is 6.03. The van der Waals surface area contributed by atoms with Crippen LogP contribution in [0.2, 0.25) is 0 Å². The number of hydrogen-bond donors (Lipinski definition) is 3. The lowest BCUT2D eigenvalue weighted by molar-refractivity contribution is -0.226. The van der Waals surface area contributed by atoms with Gasteiger partial charge in [-0.15, -0.1) is 0 Å². The fourth-order valence-corrected chi connectivity index (χ4v) is 4.77. The van der Waals surface area contributed by atoms with Crippen LogP contribution < -0.4 is 21.3 Å². The second-order valence-electron chi connectivity index (χ2n) is 8.00. The Morgan fingerprint density at radius 2 is 1.88 bits per heavy atom. The van der Waals surface area contributed by atoms with Crippen molar-refractivity contribution in [3.63, 3.8) is 0 Å². The van der Waals surface area contributed by atoms with E-state index in [0.29, 0.717) is 18.7 Å². The smallest absolute Gasteiger partial charge is 0.249 e. The van der Waals surface area contributed by atoms with Gasteiger partial charge < -0.3 is 21.3 Å². The van der Waals surface area contributed by atoms with Crippen LogP contribution in [0.3, 0.4) is 0 Å². The molecule has 1 amide bonds. The topological polar surface area (TPSA) is 96.2 Å². The van der Waals surface area contributed by atoms with Crippen LogP contribution in [0.1, 0.15) is 25.7 Å². The van der Waals surface area contributed by atoms with E-state index in [1.165, 1.54) is 6.20 Å². The quantitative estimate of drug-likeness (QED) is 0.735. The first-order valence-corrected chi connectivity index (χ1v) is 9.03. The molecule has 0 atom stereocenters. The van der Waals surface area contributed by atoms with E-state index in [0.717, 1.165) is 32.0 Å². The summed E-state index contributed by atoms with van der Waals surface area (Å²) in [5.74, 6) is -1.69. The predicted octanol–water partition coefficient (Wildman–Crippen LogP) is 0.979. The van der Waals surface area contributed by atoms with Crippen molar-refractivity contribution in [1.29, 1.82) is 0 Å². The maximum Gasteiger partial charge on any atom is 0.249 e. The number of nitrogens with one attached hydrogen (secondary N) is 2. The molecule has 26 heavy (non-hydrogen) atoms. The van der Waals surface area contributed by atoms with Gasteiger partial charge in [0, 0.05) is 45.6 Å². The van der Waals surface area contributed by atoms with Gasteiger partial charge in [-0.05, 0) is 18.3 Å². The van der Waals surface area contributed by atoms with Gasteiger partial charge in [0.05, 0.1) is 17.8 Å². The van der Waals surface area contributed by atoms with E-state index >= 15 is 0 Å². The lowest BCUT2D eigenvalue weighted by atomic mass is 9.44. The van der Waals surface area contributed by atoms with Crippen molar-refractivity contribution >= 4 is 17.5 Å². The van der Waals surface area contributed by atoms with Crippen molar-refractivity contribution in [3.05, 3.63) is 12.4 Å². The molecule has 9 heteroatoms. The highest BCUT2D eigenvalue weighted by atomic mass is 19.3. The summed E-state index contributed by atoms with van der Waals surface area (Å²) in [7, 11) is 0. The Balaban J connectivity index is 1.37. The standard InChI is InChI=1S/C17H24F2N6O/c18-17(19)9-15(10-17)7-16(8-15,11-20)14(26)24-12-5-23-13(6-22-12)25-3-1-21-2-4-25/h5-6,21H,1-4,7-11,20H2,(H,22,24,26). The van der Waals surface area contributed by atoms with Crippen LogP contribution in [0.5, 0.6) is 0 Å². The second-order valence-corrected chi connectivity index (χ2v) is 8.00. The molecular weight excluding hydrogens is 342 g/mol. The normalized spacial score (nSPS) is 25.3. The van der Waals surface area contributed by atoms with Crippen LogP contribution in [0.25, 0.3) is 0 Å². The summed E-state index contributed by atoms with van der Waals surface area (Å²) >= 11 is 0. The molecule has 0 bridgehead atoms. The van der Waals surface area contributed by atoms with Crippen LogP contribution >= 0.6 is 0 Å². The monoisotopic (exact) mass is 366 g/mol. The molecule has 142 valence electrons. The van der Waals surface area contributed by atoms with Crippen LogP contribution in [-0.2, 0) is 4.79 Å². The first-order valence-electron chi connectivity index (χ1n) is 9.03. The minimum Gasteiger partial charge on any atom is -0.353 e. The number of anilines is 2. The molecule has 3 fully saturated rings. The third-order valence-corrected chi connectivity index (χ3v) is 5.89. The van der Waals surface area contributed by atoms with E-state index < -0.39 is 16.8 Å². The van der Waals surface area contributed by atoms with Gasteiger partial charge in [0.2, 0.25) is 11.8 Å². The highest BCUT2D eigenvalue weighted by Gasteiger charge is 2.68. The van der Waals surface area contributed by atoms with Crippen molar-refractivity contribution in [2.45, 2.75) is 31.6 Å². The Kier molecular flexibility index (Phi) is 4.11. The van der Waals surface area contributed by atoms with Gasteiger partial charge in [0.25, 0.3) is 0 Å². The average Bonchev–Trinajstić information content (AvgIpc) is 2.58. The SMILES string of the molecule is NCC1(C(=O)Nc2cnc(N3CCNCC3)cn2)CC2(CC(F)(F)C2)C1. The fourth-order valence-electron chi connectivity index (χ4n) is 4.77. The minimum absolute atomic E-state index is 0.131. The van der Waals surface area contributed by atoms with Crippen molar-refractivity contribution in [2.24, 2.45) is 16.6 Å². The predicted molar refractivity (Wildman–Crippen MR) is 93.1 cm³/mol. The summed E-state index contributed by atoms with van der Waals surface area (Å²) in [6, 6.07) is 0. The summed E-state index contributed by atoms with van der Waals surface area (Å²) in [4.78, 5) is 23.4. The molecule has 0 aromatic carbocycles. The van der Waals surface area contributed by atoms with E-state index in [1.54, 1.807) is 6.20 Å². The molecule has 0 unspecified atom stereocenters. The van der Waals surface area contributed by atoms with Gasteiger partial charge in [-0.3, -0.25) is 4.79 Å². The van der Waals surface area contributed by atoms with Gasteiger partial charge in [-0.1, -0.05) is 0 Å². The van der Waals surface area contributed by atoms with Crippen LogP contribution in [0.4, 0.5) is 20.4 Å². The van der Waals surface area contributed by atoms with Crippen molar-refractivity contribution < 1.29 is 13.6 Å². The molecule has 2 saturated carbocycles. The van der Waals surface area contributed by atoms with Crippen LogP contribution in [-0.4, -0.2) is 54.5 Å². The molecule has 1 aromatic heterocycles. The first kappa shape index (κ1) is 17.5. The van der Waals surface area contributed by atoms with Crippen molar-refractivity contribution in [1.82, 2.24) is 15.3 Å². The van der Waals surface area contributed by atoms with Gasteiger partial charge >= 0.3 is 0 Å². The second kappa shape index (κ2) is 6.09. The van der Waals surface area contributed by atoms with E-state index in [2.05, 4.69) is 25.5 Å². The summed E-state index contributed by atoms with van der Waals surface area (Å²) in [6.07, 6.45) is 3.76. The number of rotatable bonds is 4. The summed E-state index contributed by atoms with van der Waals surface area (Å²) in [5.41, 5.74) is 4.64. The Morgan fingerprint density at radius 1 is 1.19 bits per heavy atom. The molecule has 1 aliphatic heterocycles. The molecular formula is C17H24F2N6O. The number of hydrogen-bond acceptors (Lipinski definition) is 6. The first-order chi connectivity index (χ1) is 12.4. The Bertz CT molecular complexity index is 673. The summed E-state index contributed by atoms with van der Waals surface area (Å²) < 4.78 is 26.4.